The van der Waals surface area contributed by atoms with Crippen molar-refractivity contribution in [3.8, 4) is 23.3 Å². The van der Waals surface area contributed by atoms with Gasteiger partial charge in [0.15, 0.2) is 11.2 Å². The monoisotopic (exact) mass is 473 g/mol. The Bertz CT molecular complexity index is 1330. The van der Waals surface area contributed by atoms with Gasteiger partial charge in [0.2, 0.25) is 0 Å². The van der Waals surface area contributed by atoms with Crippen LogP contribution in [0.25, 0.3) is 0 Å². The maximum absolute atomic E-state index is 13.1. The van der Waals surface area contributed by atoms with Gasteiger partial charge in [0.05, 0.1) is 37.3 Å². The molecule has 5 atom stereocenters. The summed E-state index contributed by atoms with van der Waals surface area (Å²) in [6.45, 7) is 0. The van der Waals surface area contributed by atoms with Crippen molar-refractivity contribution in [1.82, 2.24) is 0 Å². The van der Waals surface area contributed by atoms with Crippen molar-refractivity contribution in [2.45, 2.75) is 23.2 Å². The highest BCUT2D eigenvalue weighted by Crippen LogP contribution is 2.70. The van der Waals surface area contributed by atoms with Crippen LogP contribution in [0.4, 0.5) is 0 Å². The first-order valence-electron chi connectivity index (χ1n) is 11.0. The first-order valence-corrected chi connectivity index (χ1v) is 11.0. The summed E-state index contributed by atoms with van der Waals surface area (Å²) >= 11 is 0. The number of phenols is 1. The van der Waals surface area contributed by atoms with Crippen molar-refractivity contribution < 1.29 is 34.3 Å². The lowest BCUT2D eigenvalue weighted by atomic mass is 9.70. The van der Waals surface area contributed by atoms with Gasteiger partial charge in [-0.25, -0.2) is 0 Å². The predicted octanol–water partition coefficient (Wildman–Crippen LogP) is 2.70. The SMILES string of the molecule is COC(=O)[C@H]1[C@@H](O)[C@@]2(O)c3c(OC)cc(O)cc3O[C@@]2(c2ccc(C#N)cc2)[C@@H]1c1ccccc1. The molecule has 1 heterocycles. The minimum Gasteiger partial charge on any atom is -0.508 e. The summed E-state index contributed by atoms with van der Waals surface area (Å²) in [5.41, 5.74) is -2.37. The predicted molar refractivity (Wildman–Crippen MR) is 123 cm³/mol. The van der Waals surface area contributed by atoms with Crippen LogP contribution in [0.1, 0.15) is 28.2 Å². The summed E-state index contributed by atoms with van der Waals surface area (Å²) in [4.78, 5) is 13.1. The van der Waals surface area contributed by atoms with Crippen LogP contribution in [-0.2, 0) is 20.7 Å². The second-order valence-electron chi connectivity index (χ2n) is 8.70. The van der Waals surface area contributed by atoms with Gasteiger partial charge in [-0.05, 0) is 23.3 Å². The van der Waals surface area contributed by atoms with Crippen molar-refractivity contribution in [3.63, 3.8) is 0 Å². The number of benzene rings is 3. The molecule has 0 spiro atoms. The molecule has 3 N–H and O–H groups in total. The van der Waals surface area contributed by atoms with Crippen LogP contribution in [0.15, 0.2) is 66.7 Å². The van der Waals surface area contributed by atoms with Crippen LogP contribution in [0.3, 0.4) is 0 Å². The lowest BCUT2D eigenvalue weighted by Gasteiger charge is -2.40. The van der Waals surface area contributed by atoms with Gasteiger partial charge < -0.3 is 29.5 Å². The molecule has 5 rings (SSSR count). The standard InChI is InChI=1S/C27H23NO7/c1-33-19-12-18(29)13-20-23(19)26(32)24(30)21(25(31)34-2)22(16-6-4-3-5-7-16)27(26,35-20)17-10-8-15(14-28)9-11-17/h3-13,21-22,24,29-30,32H,1-2H3/t21-,22-,24-,26+,27+/m1/s1. The van der Waals surface area contributed by atoms with Gasteiger partial charge in [-0.1, -0.05) is 42.5 Å². The molecule has 3 aromatic rings. The topological polar surface area (TPSA) is 129 Å². The van der Waals surface area contributed by atoms with Gasteiger partial charge >= 0.3 is 5.97 Å². The summed E-state index contributed by atoms with van der Waals surface area (Å²) in [5.74, 6) is -2.80. The van der Waals surface area contributed by atoms with Crippen LogP contribution < -0.4 is 9.47 Å². The third kappa shape index (κ3) is 2.89. The summed E-state index contributed by atoms with van der Waals surface area (Å²) < 4.78 is 17.1. The van der Waals surface area contributed by atoms with Crippen molar-refractivity contribution in [3.05, 3.63) is 89.0 Å². The van der Waals surface area contributed by atoms with Gasteiger partial charge in [-0.2, -0.15) is 5.26 Å². The molecule has 1 saturated carbocycles. The molecule has 1 fully saturated rings. The third-order valence-corrected chi connectivity index (χ3v) is 7.13. The zero-order chi connectivity index (χ0) is 25.0. The van der Waals surface area contributed by atoms with E-state index in [0.29, 0.717) is 16.7 Å². The Balaban J connectivity index is 1.89. The molecule has 178 valence electrons. The van der Waals surface area contributed by atoms with Gasteiger partial charge in [0, 0.05) is 18.1 Å². The van der Waals surface area contributed by atoms with E-state index in [1.165, 1.54) is 26.4 Å². The molecule has 35 heavy (non-hydrogen) atoms. The number of esters is 1. The molecule has 3 aromatic carbocycles. The minimum atomic E-state index is -2.19. The number of hydrogen-bond donors (Lipinski definition) is 3. The Kier molecular flexibility index (Phi) is 5.20. The average molecular weight is 473 g/mol. The van der Waals surface area contributed by atoms with E-state index in [1.807, 2.05) is 6.07 Å². The van der Waals surface area contributed by atoms with E-state index in [0.717, 1.165) is 0 Å². The lowest BCUT2D eigenvalue weighted by molar-refractivity contribution is -0.161. The number of ether oxygens (including phenoxy) is 3. The minimum absolute atomic E-state index is 0.0920. The van der Waals surface area contributed by atoms with Crippen molar-refractivity contribution in [2.75, 3.05) is 14.2 Å². The second-order valence-corrected chi connectivity index (χ2v) is 8.70. The number of hydrogen-bond acceptors (Lipinski definition) is 8. The highest BCUT2D eigenvalue weighted by atomic mass is 16.5. The highest BCUT2D eigenvalue weighted by molar-refractivity contribution is 5.78. The quantitative estimate of drug-likeness (QED) is 0.494. The van der Waals surface area contributed by atoms with Crippen LogP contribution in [0.2, 0.25) is 0 Å². The summed E-state index contributed by atoms with van der Waals surface area (Å²) in [5, 5.41) is 43.8. The highest BCUT2D eigenvalue weighted by Gasteiger charge is 2.78. The average Bonchev–Trinajstić information content (AvgIpc) is 3.26. The zero-order valence-corrected chi connectivity index (χ0v) is 19.0. The molecule has 2 aliphatic rings. The number of nitriles is 1. The van der Waals surface area contributed by atoms with Gasteiger partial charge in [0.1, 0.15) is 23.4 Å². The fourth-order valence-electron chi connectivity index (χ4n) is 5.75. The molecule has 1 aliphatic carbocycles. The van der Waals surface area contributed by atoms with E-state index in [1.54, 1.807) is 48.5 Å². The molecule has 0 radical (unpaired) electrons. The van der Waals surface area contributed by atoms with Crippen molar-refractivity contribution >= 4 is 5.97 Å². The summed E-state index contributed by atoms with van der Waals surface area (Å²) in [7, 11) is 2.59. The largest absolute Gasteiger partial charge is 0.508 e. The normalized spacial score (nSPS) is 28.4. The number of aliphatic hydroxyl groups is 2. The maximum Gasteiger partial charge on any atom is 0.312 e. The lowest BCUT2D eigenvalue weighted by Crippen LogP contribution is -2.52. The number of fused-ring (bicyclic) bond motifs is 3. The van der Waals surface area contributed by atoms with Gasteiger partial charge in [0.25, 0.3) is 0 Å². The third-order valence-electron chi connectivity index (χ3n) is 7.13. The Hall–Kier alpha value is -4.06. The van der Waals surface area contributed by atoms with E-state index >= 15 is 0 Å². The second kappa shape index (κ2) is 8.01. The summed E-state index contributed by atoms with van der Waals surface area (Å²) in [6, 6.07) is 20.1. The fraction of sp³-hybridized carbons (Fsp3) is 0.259. The zero-order valence-electron chi connectivity index (χ0n) is 19.0. The Morgan fingerprint density at radius 3 is 2.37 bits per heavy atom. The number of aromatic hydroxyl groups is 1. The molecule has 0 bridgehead atoms. The molecule has 0 aromatic heterocycles. The van der Waals surface area contributed by atoms with E-state index in [-0.39, 0.29) is 22.8 Å². The molecular weight excluding hydrogens is 450 g/mol. The molecule has 8 nitrogen and oxygen atoms in total. The first-order chi connectivity index (χ1) is 16.8. The maximum atomic E-state index is 13.1. The van der Waals surface area contributed by atoms with Crippen molar-refractivity contribution in [1.29, 1.82) is 5.26 Å². The van der Waals surface area contributed by atoms with E-state index < -0.39 is 35.1 Å². The number of carbonyl (C=O) groups is 1. The van der Waals surface area contributed by atoms with Crippen molar-refractivity contribution in [2.24, 2.45) is 5.92 Å². The Labute approximate surface area is 201 Å². The molecular formula is C27H23NO7. The Morgan fingerprint density at radius 2 is 1.77 bits per heavy atom. The fourth-order valence-corrected chi connectivity index (χ4v) is 5.75. The van der Waals surface area contributed by atoms with Crippen LogP contribution in [0.5, 0.6) is 17.2 Å². The molecule has 0 amide bonds. The van der Waals surface area contributed by atoms with Gasteiger partial charge in [-0.3, -0.25) is 4.79 Å². The number of phenolic OH excluding ortho intramolecular Hbond substituents is 1. The van der Waals surface area contributed by atoms with E-state index in [9.17, 15) is 25.4 Å². The van der Waals surface area contributed by atoms with Gasteiger partial charge in [-0.15, -0.1) is 0 Å². The van der Waals surface area contributed by atoms with Crippen LogP contribution in [0, 0.1) is 17.2 Å². The smallest absolute Gasteiger partial charge is 0.312 e. The molecule has 0 unspecified atom stereocenters. The Morgan fingerprint density at radius 1 is 1.09 bits per heavy atom. The number of aliphatic hydroxyl groups excluding tert-OH is 1. The van der Waals surface area contributed by atoms with E-state index in [2.05, 4.69) is 6.07 Å². The van der Waals surface area contributed by atoms with E-state index in [4.69, 9.17) is 14.2 Å². The molecule has 8 heteroatoms. The first kappa shape index (κ1) is 22.7. The van der Waals surface area contributed by atoms with Crippen LogP contribution in [-0.4, -0.2) is 41.6 Å². The molecule has 1 aliphatic heterocycles. The number of methoxy groups -OCH3 is 2. The number of carbonyl (C=O) groups excluding carboxylic acids is 1. The number of rotatable bonds is 4. The molecule has 0 saturated heterocycles. The number of nitrogens with zero attached hydrogens (tertiary/aromatic N) is 1. The summed E-state index contributed by atoms with van der Waals surface area (Å²) in [6.07, 6.45) is -1.67. The van der Waals surface area contributed by atoms with Crippen LogP contribution >= 0.6 is 0 Å².